The van der Waals surface area contributed by atoms with Crippen LogP contribution in [0.4, 0.5) is 11.4 Å². The Balaban J connectivity index is 2.24. The van der Waals surface area contributed by atoms with Crippen LogP contribution in [0.1, 0.15) is 0 Å². The van der Waals surface area contributed by atoms with E-state index in [4.69, 9.17) is 0 Å². The summed E-state index contributed by atoms with van der Waals surface area (Å²) in [7, 11) is 0. The maximum Gasteiger partial charge on any atom is 0.232 e. The van der Waals surface area contributed by atoms with Crippen LogP contribution in [0.3, 0.4) is 0 Å². The summed E-state index contributed by atoms with van der Waals surface area (Å²) in [5.74, 6) is -0.204. The quantitative estimate of drug-likeness (QED) is 0.700. The maximum absolute atomic E-state index is 11.7. The first-order chi connectivity index (χ1) is 8.27. The van der Waals surface area contributed by atoms with E-state index < -0.39 is 0 Å². The molecule has 0 saturated heterocycles. The molecule has 1 radical (unpaired) electrons. The first-order valence-corrected chi connectivity index (χ1v) is 6.11. The highest BCUT2D eigenvalue weighted by molar-refractivity contribution is 7.99. The summed E-state index contributed by atoms with van der Waals surface area (Å²) in [5, 5.41) is 0. The van der Waals surface area contributed by atoms with Gasteiger partial charge >= 0.3 is 0 Å². The molecule has 3 heteroatoms. The van der Waals surface area contributed by atoms with Crippen molar-refractivity contribution < 1.29 is 4.79 Å². The average Bonchev–Trinajstić information content (AvgIpc) is 2.35. The number of benzene rings is 2. The lowest BCUT2D eigenvalue weighted by Gasteiger charge is -2.29. The number of amides is 1. The smallest absolute Gasteiger partial charge is 0.232 e. The van der Waals surface area contributed by atoms with Gasteiger partial charge in [0.15, 0.2) is 0 Å². The molecular weight excluding hydrogens is 230 g/mol. The molecule has 3 rings (SSSR count). The highest BCUT2D eigenvalue weighted by Crippen LogP contribution is 2.47. The van der Waals surface area contributed by atoms with Crippen LogP contribution in [0.15, 0.2) is 58.3 Å². The van der Waals surface area contributed by atoms with Crippen molar-refractivity contribution >= 4 is 29.0 Å². The van der Waals surface area contributed by atoms with Crippen molar-refractivity contribution in [1.82, 2.24) is 0 Å². The standard InChI is InChI=1S/C14H10NOS/c1-10(16)15-11-6-2-4-8-13(11)17-14-9-5-3-7-12(14)15/h2-9H,1H2. The SMILES string of the molecule is [CH2]C(=O)N1c2ccccc2Sc2ccccc21. The first-order valence-electron chi connectivity index (χ1n) is 5.29. The summed E-state index contributed by atoms with van der Waals surface area (Å²) < 4.78 is 0. The van der Waals surface area contributed by atoms with Crippen LogP contribution in [0, 0.1) is 6.92 Å². The Kier molecular flexibility index (Phi) is 2.41. The van der Waals surface area contributed by atoms with Crippen molar-refractivity contribution in [2.24, 2.45) is 0 Å². The Hall–Kier alpha value is -1.74. The van der Waals surface area contributed by atoms with Crippen molar-refractivity contribution in [3.8, 4) is 0 Å². The predicted octanol–water partition coefficient (Wildman–Crippen LogP) is 3.65. The number of nitrogens with zero attached hydrogens (tertiary/aromatic N) is 1. The average molecular weight is 240 g/mol. The van der Waals surface area contributed by atoms with Crippen LogP contribution in [0.25, 0.3) is 0 Å². The van der Waals surface area contributed by atoms with Gasteiger partial charge < -0.3 is 0 Å². The predicted molar refractivity (Wildman–Crippen MR) is 69.5 cm³/mol. The number of rotatable bonds is 0. The number of fused-ring (bicyclic) bond motifs is 2. The van der Waals surface area contributed by atoms with E-state index in [9.17, 15) is 4.79 Å². The summed E-state index contributed by atoms with van der Waals surface area (Å²) in [6, 6.07) is 15.8. The Morgan fingerprint density at radius 3 is 1.88 bits per heavy atom. The summed E-state index contributed by atoms with van der Waals surface area (Å²) in [6.07, 6.45) is 0. The minimum atomic E-state index is -0.204. The second-order valence-corrected chi connectivity index (χ2v) is 4.85. The largest absolute Gasteiger partial charge is 0.279 e. The van der Waals surface area contributed by atoms with Crippen LogP contribution in [-0.2, 0) is 4.79 Å². The molecule has 0 aromatic heterocycles. The molecule has 0 saturated carbocycles. The van der Waals surface area contributed by atoms with Gasteiger partial charge in [-0.05, 0) is 24.3 Å². The number of carbonyl (C=O) groups excluding carboxylic acids is 1. The Labute approximate surface area is 104 Å². The second kappa shape index (κ2) is 3.93. The molecule has 0 spiro atoms. The van der Waals surface area contributed by atoms with E-state index >= 15 is 0 Å². The number of hydrogen-bond donors (Lipinski definition) is 0. The molecule has 0 atom stereocenters. The van der Waals surface area contributed by atoms with Crippen LogP contribution >= 0.6 is 11.8 Å². The van der Waals surface area contributed by atoms with Crippen molar-refractivity contribution in [3.63, 3.8) is 0 Å². The van der Waals surface area contributed by atoms with E-state index in [0.29, 0.717) is 0 Å². The fourth-order valence-corrected chi connectivity index (χ4v) is 3.03. The van der Waals surface area contributed by atoms with Crippen LogP contribution < -0.4 is 4.90 Å². The number of carbonyl (C=O) groups is 1. The molecule has 2 aromatic carbocycles. The molecule has 1 aliphatic rings. The molecule has 17 heavy (non-hydrogen) atoms. The van der Waals surface area contributed by atoms with Crippen molar-refractivity contribution in [3.05, 3.63) is 55.5 Å². The molecular formula is C14H10NOS. The van der Waals surface area contributed by atoms with E-state index in [2.05, 4.69) is 6.92 Å². The highest BCUT2D eigenvalue weighted by Gasteiger charge is 2.25. The Morgan fingerprint density at radius 2 is 1.41 bits per heavy atom. The zero-order valence-corrected chi connectivity index (χ0v) is 9.91. The van der Waals surface area contributed by atoms with E-state index in [1.54, 1.807) is 16.7 Å². The second-order valence-electron chi connectivity index (χ2n) is 3.77. The van der Waals surface area contributed by atoms with Gasteiger partial charge in [0.25, 0.3) is 0 Å². The number of anilines is 2. The van der Waals surface area contributed by atoms with Gasteiger partial charge in [0.1, 0.15) is 0 Å². The van der Waals surface area contributed by atoms with Gasteiger partial charge in [-0.15, -0.1) is 0 Å². The molecule has 1 amide bonds. The summed E-state index contributed by atoms with van der Waals surface area (Å²) in [4.78, 5) is 15.6. The molecule has 0 fully saturated rings. The highest BCUT2D eigenvalue weighted by atomic mass is 32.2. The maximum atomic E-state index is 11.7. The third-order valence-corrected chi connectivity index (χ3v) is 3.81. The van der Waals surface area contributed by atoms with Gasteiger partial charge in [-0.3, -0.25) is 9.69 Å². The van der Waals surface area contributed by atoms with E-state index in [0.717, 1.165) is 21.2 Å². The monoisotopic (exact) mass is 240 g/mol. The summed E-state index contributed by atoms with van der Waals surface area (Å²) in [5.41, 5.74) is 1.83. The van der Waals surface area contributed by atoms with Gasteiger partial charge in [-0.2, -0.15) is 0 Å². The minimum absolute atomic E-state index is 0.204. The van der Waals surface area contributed by atoms with E-state index in [1.165, 1.54) is 0 Å². The molecule has 2 nitrogen and oxygen atoms in total. The van der Waals surface area contributed by atoms with Gasteiger partial charge in [0.05, 0.1) is 11.4 Å². The summed E-state index contributed by atoms with van der Waals surface area (Å²) in [6.45, 7) is 3.54. The van der Waals surface area contributed by atoms with Gasteiger partial charge in [0.2, 0.25) is 5.91 Å². The molecule has 0 N–H and O–H groups in total. The van der Waals surface area contributed by atoms with Gasteiger partial charge in [0, 0.05) is 16.7 Å². The lowest BCUT2D eigenvalue weighted by molar-refractivity contribution is -0.113. The first kappa shape index (κ1) is 10.4. The van der Waals surface area contributed by atoms with Gasteiger partial charge in [-0.1, -0.05) is 36.0 Å². The molecule has 0 bridgehead atoms. The third-order valence-electron chi connectivity index (χ3n) is 2.68. The van der Waals surface area contributed by atoms with Crippen LogP contribution in [0.2, 0.25) is 0 Å². The minimum Gasteiger partial charge on any atom is -0.279 e. The van der Waals surface area contributed by atoms with Crippen molar-refractivity contribution in [2.75, 3.05) is 4.90 Å². The molecule has 83 valence electrons. The topological polar surface area (TPSA) is 20.3 Å². The third kappa shape index (κ3) is 1.63. The van der Waals surface area contributed by atoms with E-state index in [-0.39, 0.29) is 5.91 Å². The molecule has 1 heterocycles. The van der Waals surface area contributed by atoms with Gasteiger partial charge in [-0.25, -0.2) is 0 Å². The van der Waals surface area contributed by atoms with E-state index in [1.807, 2.05) is 48.5 Å². The Morgan fingerprint density at radius 1 is 0.941 bits per heavy atom. The fourth-order valence-electron chi connectivity index (χ4n) is 1.97. The van der Waals surface area contributed by atoms with Crippen LogP contribution in [-0.4, -0.2) is 5.91 Å². The Bertz CT molecular complexity index is 549. The molecule has 0 aliphatic carbocycles. The normalized spacial score (nSPS) is 12.9. The lowest BCUT2D eigenvalue weighted by Crippen LogP contribution is -2.25. The van der Waals surface area contributed by atoms with Crippen molar-refractivity contribution in [1.29, 1.82) is 0 Å². The van der Waals surface area contributed by atoms with Crippen molar-refractivity contribution in [2.45, 2.75) is 9.79 Å². The number of para-hydroxylation sites is 2. The molecule has 2 aromatic rings. The molecule has 1 aliphatic heterocycles. The zero-order chi connectivity index (χ0) is 11.8. The lowest BCUT2D eigenvalue weighted by atomic mass is 10.2. The zero-order valence-electron chi connectivity index (χ0n) is 9.09. The number of hydrogen-bond acceptors (Lipinski definition) is 2. The van der Waals surface area contributed by atoms with Crippen LogP contribution in [0.5, 0.6) is 0 Å². The fraction of sp³-hybridized carbons (Fsp3) is 0. The summed E-state index contributed by atoms with van der Waals surface area (Å²) >= 11 is 1.68. The molecule has 0 unspecified atom stereocenters.